The highest BCUT2D eigenvalue weighted by Crippen LogP contribution is 2.21. The predicted molar refractivity (Wildman–Crippen MR) is 78.1 cm³/mol. The molecule has 0 radical (unpaired) electrons. The number of nitrogens with zero attached hydrogens (tertiary/aromatic N) is 1. The Morgan fingerprint density at radius 1 is 1.26 bits per heavy atom. The highest BCUT2D eigenvalue weighted by Gasteiger charge is 2.07. The topological polar surface area (TPSA) is 57.8 Å². The van der Waals surface area contributed by atoms with Crippen LogP contribution in [0.3, 0.4) is 0 Å². The molecule has 100 valence electrons. The lowest BCUT2D eigenvalue weighted by molar-refractivity contribution is 0.812. The quantitative estimate of drug-likeness (QED) is 0.887. The van der Waals surface area contributed by atoms with Crippen LogP contribution in [0.5, 0.6) is 0 Å². The first-order valence-electron chi connectivity index (χ1n) is 6.42. The Bertz CT molecular complexity index is 644. The predicted octanol–water partition coefficient (Wildman–Crippen LogP) is 3.25. The average Bonchev–Trinajstić information content (AvgIpc) is 2.34. The summed E-state index contributed by atoms with van der Waals surface area (Å²) in [6, 6.07) is 7.56. The number of benzene rings is 1. The molecule has 0 aliphatic heterocycles. The van der Waals surface area contributed by atoms with Gasteiger partial charge in [0.05, 0.1) is 5.69 Å². The van der Waals surface area contributed by atoms with Gasteiger partial charge in [0.15, 0.2) is 0 Å². The maximum atomic E-state index is 11.6. The fourth-order valence-electron chi connectivity index (χ4n) is 1.85. The maximum Gasteiger partial charge on any atom is 0.252 e. The molecule has 0 aliphatic rings. The van der Waals surface area contributed by atoms with Crippen molar-refractivity contribution in [2.24, 2.45) is 0 Å². The minimum Gasteiger partial charge on any atom is -0.325 e. The highest BCUT2D eigenvalue weighted by atomic mass is 16.1. The second kappa shape index (κ2) is 5.26. The molecule has 0 aliphatic carbocycles. The number of rotatable bonds is 3. The van der Waals surface area contributed by atoms with Gasteiger partial charge >= 0.3 is 0 Å². The van der Waals surface area contributed by atoms with E-state index in [9.17, 15) is 4.79 Å². The van der Waals surface area contributed by atoms with Crippen LogP contribution in [0.1, 0.15) is 36.6 Å². The van der Waals surface area contributed by atoms with Crippen LogP contribution in [-0.4, -0.2) is 9.97 Å². The van der Waals surface area contributed by atoms with Crippen LogP contribution in [0, 0.1) is 13.8 Å². The first-order chi connectivity index (χ1) is 8.97. The van der Waals surface area contributed by atoms with Crippen molar-refractivity contribution in [1.82, 2.24) is 9.97 Å². The number of hydrogen-bond acceptors (Lipinski definition) is 3. The smallest absolute Gasteiger partial charge is 0.252 e. The van der Waals surface area contributed by atoms with Crippen LogP contribution >= 0.6 is 0 Å². The molecule has 0 saturated heterocycles. The molecule has 2 aromatic rings. The summed E-state index contributed by atoms with van der Waals surface area (Å²) in [5, 5.41) is 3.18. The van der Waals surface area contributed by atoms with Crippen LogP contribution < -0.4 is 10.9 Å². The third-order valence-corrected chi connectivity index (χ3v) is 3.21. The molecule has 1 aromatic carbocycles. The summed E-state index contributed by atoms with van der Waals surface area (Å²) in [6.45, 7) is 8.14. The van der Waals surface area contributed by atoms with E-state index in [0.29, 0.717) is 5.95 Å². The van der Waals surface area contributed by atoms with Crippen LogP contribution in [0.15, 0.2) is 29.1 Å². The molecule has 0 amide bonds. The van der Waals surface area contributed by atoms with Gasteiger partial charge in [-0.3, -0.25) is 9.78 Å². The zero-order chi connectivity index (χ0) is 14.0. The van der Waals surface area contributed by atoms with Gasteiger partial charge in [-0.2, -0.15) is 0 Å². The Labute approximate surface area is 112 Å². The van der Waals surface area contributed by atoms with Gasteiger partial charge in [-0.15, -0.1) is 0 Å². The molecule has 1 heterocycles. The summed E-state index contributed by atoms with van der Waals surface area (Å²) < 4.78 is 0. The lowest BCUT2D eigenvalue weighted by Gasteiger charge is -2.12. The molecule has 1 aromatic heterocycles. The molecule has 4 nitrogen and oxygen atoms in total. The van der Waals surface area contributed by atoms with Crippen LogP contribution in [0.2, 0.25) is 0 Å². The van der Waals surface area contributed by atoms with E-state index in [4.69, 9.17) is 0 Å². The highest BCUT2D eigenvalue weighted by molar-refractivity contribution is 5.60. The van der Waals surface area contributed by atoms with Crippen molar-refractivity contribution >= 4 is 11.6 Å². The number of H-pyrrole nitrogens is 1. The van der Waals surface area contributed by atoms with E-state index < -0.39 is 0 Å². The first-order valence-corrected chi connectivity index (χ1v) is 6.42. The van der Waals surface area contributed by atoms with Crippen molar-refractivity contribution in [2.75, 3.05) is 5.32 Å². The van der Waals surface area contributed by atoms with E-state index in [2.05, 4.69) is 28.3 Å². The number of nitrogens with one attached hydrogen (secondary N) is 2. The Kier molecular flexibility index (Phi) is 3.69. The van der Waals surface area contributed by atoms with Gasteiger partial charge in [-0.25, -0.2) is 4.98 Å². The number of hydrogen-bond donors (Lipinski definition) is 2. The van der Waals surface area contributed by atoms with Crippen molar-refractivity contribution in [1.29, 1.82) is 0 Å². The zero-order valence-electron chi connectivity index (χ0n) is 11.7. The first kappa shape index (κ1) is 13.3. The Morgan fingerprint density at radius 3 is 2.68 bits per heavy atom. The molecular weight excluding hydrogens is 238 g/mol. The summed E-state index contributed by atoms with van der Waals surface area (Å²) in [5.41, 5.74) is 3.97. The number of aromatic nitrogens is 2. The van der Waals surface area contributed by atoms with Gasteiger partial charge in [-0.05, 0) is 37.0 Å². The standard InChI is InChI=1S/C15H19N3O/c1-9(2)13-8-14(19)18-15(17-13)16-12-7-5-6-10(3)11(12)4/h5-9H,1-4H3,(H2,16,17,18,19). The van der Waals surface area contributed by atoms with E-state index in [-0.39, 0.29) is 11.5 Å². The Morgan fingerprint density at radius 2 is 2.00 bits per heavy atom. The van der Waals surface area contributed by atoms with Crippen molar-refractivity contribution in [3.8, 4) is 0 Å². The zero-order valence-corrected chi connectivity index (χ0v) is 11.7. The molecule has 0 fully saturated rings. The summed E-state index contributed by atoms with van der Waals surface area (Å²) >= 11 is 0. The lowest BCUT2D eigenvalue weighted by Crippen LogP contribution is -2.13. The Hall–Kier alpha value is -2.10. The number of aromatic amines is 1. The van der Waals surface area contributed by atoms with Crippen molar-refractivity contribution in [2.45, 2.75) is 33.6 Å². The second-order valence-electron chi connectivity index (χ2n) is 5.05. The molecule has 0 atom stereocenters. The second-order valence-corrected chi connectivity index (χ2v) is 5.05. The number of anilines is 2. The minimum atomic E-state index is -0.133. The normalized spacial score (nSPS) is 10.8. The molecule has 2 N–H and O–H groups in total. The van der Waals surface area contributed by atoms with Crippen molar-refractivity contribution < 1.29 is 0 Å². The summed E-state index contributed by atoms with van der Waals surface area (Å²) in [5.74, 6) is 0.714. The fourth-order valence-corrected chi connectivity index (χ4v) is 1.85. The summed E-state index contributed by atoms with van der Waals surface area (Å²) in [4.78, 5) is 18.8. The van der Waals surface area contributed by atoms with E-state index in [0.717, 1.165) is 16.9 Å². The third-order valence-electron chi connectivity index (χ3n) is 3.21. The van der Waals surface area contributed by atoms with Crippen molar-refractivity contribution in [3.05, 3.63) is 51.4 Å². The van der Waals surface area contributed by atoms with Crippen LogP contribution in [0.4, 0.5) is 11.6 Å². The fraction of sp³-hybridized carbons (Fsp3) is 0.333. The lowest BCUT2D eigenvalue weighted by atomic mass is 10.1. The maximum absolute atomic E-state index is 11.6. The van der Waals surface area contributed by atoms with Gasteiger partial charge in [0.2, 0.25) is 5.95 Å². The molecule has 19 heavy (non-hydrogen) atoms. The van der Waals surface area contributed by atoms with Crippen LogP contribution in [0.25, 0.3) is 0 Å². The molecule has 0 unspecified atom stereocenters. The molecule has 4 heteroatoms. The molecule has 0 saturated carbocycles. The van der Waals surface area contributed by atoms with Gasteiger partial charge in [0.25, 0.3) is 5.56 Å². The summed E-state index contributed by atoms with van der Waals surface area (Å²) in [7, 11) is 0. The van der Waals surface area contributed by atoms with E-state index in [1.54, 1.807) is 6.07 Å². The SMILES string of the molecule is Cc1cccc(Nc2nc(C(C)C)cc(=O)[nH]2)c1C. The van der Waals surface area contributed by atoms with Gasteiger partial charge in [0.1, 0.15) is 0 Å². The Balaban J connectivity index is 2.38. The third kappa shape index (κ3) is 3.02. The molecular formula is C15H19N3O. The average molecular weight is 257 g/mol. The molecule has 0 spiro atoms. The number of aryl methyl sites for hydroxylation is 1. The van der Waals surface area contributed by atoms with Crippen molar-refractivity contribution in [3.63, 3.8) is 0 Å². The van der Waals surface area contributed by atoms with Gasteiger partial charge < -0.3 is 5.32 Å². The van der Waals surface area contributed by atoms with Crippen LogP contribution in [-0.2, 0) is 0 Å². The summed E-state index contributed by atoms with van der Waals surface area (Å²) in [6.07, 6.45) is 0. The van der Waals surface area contributed by atoms with Gasteiger partial charge in [0, 0.05) is 11.8 Å². The van der Waals surface area contributed by atoms with E-state index >= 15 is 0 Å². The van der Waals surface area contributed by atoms with Gasteiger partial charge in [-0.1, -0.05) is 26.0 Å². The van der Waals surface area contributed by atoms with E-state index in [1.807, 2.05) is 32.9 Å². The largest absolute Gasteiger partial charge is 0.325 e. The molecule has 2 rings (SSSR count). The minimum absolute atomic E-state index is 0.133. The van der Waals surface area contributed by atoms with E-state index in [1.165, 1.54) is 5.56 Å². The monoisotopic (exact) mass is 257 g/mol. The molecule has 0 bridgehead atoms.